The van der Waals surface area contributed by atoms with Crippen molar-refractivity contribution >= 4 is 0 Å². The molecule has 2 aromatic carbocycles. The number of rotatable bonds is 0. The summed E-state index contributed by atoms with van der Waals surface area (Å²) in [5.41, 5.74) is 2.58. The van der Waals surface area contributed by atoms with Crippen LogP contribution in [0.5, 0.6) is 0 Å². The Hall–Kier alpha value is -0.976. The standard InChI is InChI=1S/2C7H7.V/c2*1-7-5-3-2-4-6-7;/h2*3-6H,1H3;/q2*-1;+2. The molecule has 0 aliphatic rings. The minimum Gasteiger partial charge on any atom is -0.184 e. The number of benzene rings is 2. The number of hydrogen-bond acceptors (Lipinski definition) is 0. The van der Waals surface area contributed by atoms with Crippen LogP contribution in [0.2, 0.25) is 0 Å². The van der Waals surface area contributed by atoms with Gasteiger partial charge in [0.2, 0.25) is 0 Å². The first-order valence-electron chi connectivity index (χ1n) is 4.64. The molecule has 15 heavy (non-hydrogen) atoms. The molecule has 0 aliphatic heterocycles. The minimum atomic E-state index is 0. The summed E-state index contributed by atoms with van der Waals surface area (Å²) in [6.07, 6.45) is 0. The quantitative estimate of drug-likeness (QED) is 0.610. The maximum atomic E-state index is 2.93. The molecule has 0 amide bonds. The summed E-state index contributed by atoms with van der Waals surface area (Å²) < 4.78 is 0. The van der Waals surface area contributed by atoms with E-state index in [1.54, 1.807) is 0 Å². The number of aryl methyl sites for hydroxylation is 2. The average Bonchev–Trinajstić information content (AvgIpc) is 2.21. The van der Waals surface area contributed by atoms with Gasteiger partial charge in [-0.15, -0.1) is 0 Å². The molecule has 2 rings (SSSR count). The monoisotopic (exact) mass is 233 g/mol. The summed E-state index contributed by atoms with van der Waals surface area (Å²) in [5.74, 6) is 0. The van der Waals surface area contributed by atoms with Crippen molar-refractivity contribution in [1.82, 2.24) is 0 Å². The van der Waals surface area contributed by atoms with Crippen molar-refractivity contribution in [3.8, 4) is 0 Å². The van der Waals surface area contributed by atoms with Crippen molar-refractivity contribution in [1.29, 1.82) is 0 Å². The second-order valence-electron chi connectivity index (χ2n) is 3.15. The van der Waals surface area contributed by atoms with Gasteiger partial charge in [0.05, 0.1) is 0 Å². The summed E-state index contributed by atoms with van der Waals surface area (Å²) in [6, 6.07) is 21.6. The van der Waals surface area contributed by atoms with E-state index >= 15 is 0 Å². The van der Waals surface area contributed by atoms with Gasteiger partial charge in [-0.1, -0.05) is 13.8 Å². The molecule has 0 unspecified atom stereocenters. The topological polar surface area (TPSA) is 0 Å². The predicted molar refractivity (Wildman–Crippen MR) is 60.0 cm³/mol. The molecule has 0 aliphatic carbocycles. The van der Waals surface area contributed by atoms with Crippen LogP contribution in [0, 0.1) is 26.0 Å². The predicted octanol–water partition coefficient (Wildman–Crippen LogP) is 3.59. The summed E-state index contributed by atoms with van der Waals surface area (Å²) in [5, 5.41) is 0. The Morgan fingerprint density at radius 3 is 1.07 bits per heavy atom. The molecule has 75 valence electrons. The van der Waals surface area contributed by atoms with Crippen LogP contribution < -0.4 is 0 Å². The van der Waals surface area contributed by atoms with Crippen molar-refractivity contribution in [2.75, 3.05) is 0 Å². The van der Waals surface area contributed by atoms with Gasteiger partial charge in [0.25, 0.3) is 0 Å². The van der Waals surface area contributed by atoms with Crippen LogP contribution in [0.25, 0.3) is 0 Å². The van der Waals surface area contributed by atoms with Gasteiger partial charge in [-0.2, -0.15) is 71.8 Å². The molecule has 0 saturated heterocycles. The second-order valence-corrected chi connectivity index (χ2v) is 3.15. The first-order valence-corrected chi connectivity index (χ1v) is 4.64. The largest absolute Gasteiger partial charge is 2.00 e. The fraction of sp³-hybridized carbons (Fsp3) is 0.143. The Labute approximate surface area is 104 Å². The van der Waals surface area contributed by atoms with E-state index < -0.39 is 0 Å². The van der Waals surface area contributed by atoms with Gasteiger partial charge in [0, 0.05) is 0 Å². The first-order chi connectivity index (χ1) is 6.79. The van der Waals surface area contributed by atoms with Crippen molar-refractivity contribution in [3.05, 3.63) is 71.8 Å². The van der Waals surface area contributed by atoms with Crippen LogP contribution in [-0.4, -0.2) is 0 Å². The van der Waals surface area contributed by atoms with E-state index in [9.17, 15) is 0 Å². The Balaban J connectivity index is 0.000000245. The van der Waals surface area contributed by atoms with Gasteiger partial charge in [-0.05, 0) is 0 Å². The van der Waals surface area contributed by atoms with Crippen molar-refractivity contribution in [3.63, 3.8) is 0 Å². The number of hydrogen-bond donors (Lipinski definition) is 0. The molecular formula is C14H14V. The molecule has 0 aromatic heterocycles. The minimum absolute atomic E-state index is 0. The van der Waals surface area contributed by atoms with Crippen LogP contribution >= 0.6 is 0 Å². The Kier molecular flexibility index (Phi) is 7.80. The maximum Gasteiger partial charge on any atom is 2.00 e. The first kappa shape index (κ1) is 14.0. The van der Waals surface area contributed by atoms with Crippen LogP contribution in [0.3, 0.4) is 0 Å². The van der Waals surface area contributed by atoms with Crippen LogP contribution in [-0.2, 0) is 18.6 Å². The second kappa shape index (κ2) is 8.34. The molecule has 0 bridgehead atoms. The Morgan fingerprint density at radius 2 is 0.933 bits per heavy atom. The van der Waals surface area contributed by atoms with Crippen molar-refractivity contribution < 1.29 is 18.6 Å². The molecule has 0 atom stereocenters. The zero-order valence-corrected chi connectivity index (χ0v) is 10.5. The molecular weight excluding hydrogens is 219 g/mol. The fourth-order valence-electron chi connectivity index (χ4n) is 0.940. The van der Waals surface area contributed by atoms with Gasteiger partial charge >= 0.3 is 18.6 Å². The van der Waals surface area contributed by atoms with Crippen molar-refractivity contribution in [2.45, 2.75) is 13.8 Å². The molecule has 1 heteroatoms. The van der Waals surface area contributed by atoms with E-state index in [-0.39, 0.29) is 18.6 Å². The van der Waals surface area contributed by atoms with Crippen LogP contribution in [0.15, 0.2) is 48.5 Å². The van der Waals surface area contributed by atoms with Crippen LogP contribution in [0.4, 0.5) is 0 Å². The SMILES string of the molecule is Cc1cc[c-]cc1.Cc1cc[c-]cc1.[V+2]. The summed E-state index contributed by atoms with van der Waals surface area (Å²) in [4.78, 5) is 0. The zero-order chi connectivity index (χ0) is 10.2. The summed E-state index contributed by atoms with van der Waals surface area (Å²) in [6.45, 7) is 4.13. The van der Waals surface area contributed by atoms with Gasteiger partial charge in [0.15, 0.2) is 0 Å². The van der Waals surface area contributed by atoms with E-state index in [0.29, 0.717) is 0 Å². The normalized spacial score (nSPS) is 8.13. The third-order valence-electron chi connectivity index (χ3n) is 1.77. The van der Waals surface area contributed by atoms with Gasteiger partial charge in [-0.3, -0.25) is 0 Å². The zero-order valence-electron chi connectivity index (χ0n) is 9.07. The Morgan fingerprint density at radius 1 is 0.667 bits per heavy atom. The summed E-state index contributed by atoms with van der Waals surface area (Å²) in [7, 11) is 0. The van der Waals surface area contributed by atoms with Gasteiger partial charge in [-0.25, -0.2) is 0 Å². The van der Waals surface area contributed by atoms with Gasteiger partial charge in [0.1, 0.15) is 0 Å². The Bertz CT molecular complexity index is 303. The maximum absolute atomic E-state index is 2.93. The molecule has 0 nitrogen and oxygen atoms in total. The third kappa shape index (κ3) is 7.01. The molecule has 1 radical (unpaired) electrons. The summed E-state index contributed by atoms with van der Waals surface area (Å²) >= 11 is 0. The average molecular weight is 233 g/mol. The molecule has 0 spiro atoms. The van der Waals surface area contributed by atoms with E-state index in [4.69, 9.17) is 0 Å². The molecule has 0 heterocycles. The molecule has 0 fully saturated rings. The van der Waals surface area contributed by atoms with E-state index in [1.807, 2.05) is 48.5 Å². The van der Waals surface area contributed by atoms with Crippen molar-refractivity contribution in [2.24, 2.45) is 0 Å². The molecule has 0 saturated carbocycles. The molecule has 0 N–H and O–H groups in total. The fourth-order valence-corrected chi connectivity index (χ4v) is 0.940. The van der Waals surface area contributed by atoms with E-state index in [1.165, 1.54) is 11.1 Å². The smallest absolute Gasteiger partial charge is 0.184 e. The third-order valence-corrected chi connectivity index (χ3v) is 1.77. The van der Waals surface area contributed by atoms with Crippen LogP contribution in [0.1, 0.15) is 11.1 Å². The molecule has 2 aromatic rings. The van der Waals surface area contributed by atoms with E-state index in [2.05, 4.69) is 26.0 Å². The van der Waals surface area contributed by atoms with E-state index in [0.717, 1.165) is 0 Å². The van der Waals surface area contributed by atoms with Gasteiger partial charge < -0.3 is 0 Å².